The fraction of sp³-hybridized carbons (Fsp3) is 0.222. The fourth-order valence-electron chi connectivity index (χ4n) is 0.804. The zero-order chi connectivity index (χ0) is 7.56. The van der Waals surface area contributed by atoms with Gasteiger partial charge in [-0.25, -0.2) is 0 Å². The van der Waals surface area contributed by atoms with Gasteiger partial charge in [-0.3, -0.25) is 0 Å². The van der Waals surface area contributed by atoms with Crippen LogP contribution in [0.1, 0.15) is 18.1 Å². The van der Waals surface area contributed by atoms with Crippen LogP contribution < -0.4 is 0 Å². The number of hydrogen-bond donors (Lipinski definition) is 0. The van der Waals surface area contributed by atoms with E-state index in [1.165, 1.54) is 38.6 Å². The van der Waals surface area contributed by atoms with Crippen LogP contribution in [0.3, 0.4) is 0 Å². The van der Waals surface area contributed by atoms with E-state index in [1.807, 2.05) is 0 Å². The molecular weight excluding hydrogens is 199 g/mol. The Bertz CT molecular complexity index is 233. The van der Waals surface area contributed by atoms with Gasteiger partial charge in [0.2, 0.25) is 0 Å². The molecule has 0 saturated heterocycles. The van der Waals surface area contributed by atoms with E-state index in [2.05, 4.69) is 38.1 Å². The average Bonchev–Trinajstić information content (AvgIpc) is 1.88. The van der Waals surface area contributed by atoms with Gasteiger partial charge >= 0.3 is 76.7 Å². The van der Waals surface area contributed by atoms with Crippen LogP contribution >= 0.6 is 0 Å². The van der Waals surface area contributed by atoms with Gasteiger partial charge in [0.15, 0.2) is 0 Å². The van der Waals surface area contributed by atoms with Gasteiger partial charge in [-0.1, -0.05) is 0 Å². The molecule has 0 amide bonds. The molecule has 0 aliphatic rings. The van der Waals surface area contributed by atoms with Crippen molar-refractivity contribution in [2.45, 2.75) is 13.8 Å². The molecule has 0 nitrogen and oxygen atoms in total. The first-order valence-corrected chi connectivity index (χ1v) is 4.55. The van der Waals surface area contributed by atoms with E-state index in [0.29, 0.717) is 0 Å². The summed E-state index contributed by atoms with van der Waals surface area (Å²) in [6.07, 6.45) is 0. The first-order chi connectivity index (χ1) is 4.70. The van der Waals surface area contributed by atoms with Crippen molar-refractivity contribution >= 4 is 3.21 Å². The van der Waals surface area contributed by atoms with Gasteiger partial charge < -0.3 is 0 Å². The molecule has 0 atom stereocenters. The van der Waals surface area contributed by atoms with Gasteiger partial charge in [0.05, 0.1) is 0 Å². The minimum absolute atomic E-state index is 1.33. The molecule has 0 aliphatic heterocycles. The second kappa shape index (κ2) is 3.39. The molecule has 48 valence electrons. The molecule has 0 heterocycles. The second-order valence-corrected chi connectivity index (χ2v) is 4.33. The minimum atomic E-state index is 1.33. The Morgan fingerprint density at radius 2 is 1.70 bits per heavy atom. The van der Waals surface area contributed by atoms with Crippen LogP contribution in [0.25, 0.3) is 0 Å². The maximum absolute atomic E-state index is 2.18. The quantitative estimate of drug-likeness (QED) is 0.664. The number of rotatable bonds is 1. The van der Waals surface area contributed by atoms with Crippen molar-refractivity contribution in [3.8, 4) is 0 Å². The summed E-state index contributed by atoms with van der Waals surface area (Å²) in [5, 5.41) is 0. The molecule has 1 aromatic carbocycles. The molecule has 0 aliphatic carbocycles. The van der Waals surface area contributed by atoms with E-state index in [0.717, 1.165) is 0 Å². The van der Waals surface area contributed by atoms with Crippen molar-refractivity contribution in [3.63, 3.8) is 0 Å². The molecular formula is C9H10Zr+2. The first kappa shape index (κ1) is 8.07. The molecule has 1 aromatic rings. The predicted octanol–water partition coefficient (Wildman–Crippen LogP) is 2.08. The third kappa shape index (κ3) is 1.99. The van der Waals surface area contributed by atoms with Crippen LogP contribution in [-0.2, 0) is 24.2 Å². The molecule has 0 aromatic heterocycles. The number of aryl methyl sites for hydroxylation is 1. The van der Waals surface area contributed by atoms with Crippen LogP contribution in [0.2, 0.25) is 0 Å². The maximum atomic E-state index is 2.18. The summed E-state index contributed by atoms with van der Waals surface area (Å²) in [5.74, 6) is 0. The predicted molar refractivity (Wildman–Crippen MR) is 41.0 cm³/mol. The molecule has 0 N–H and O–H groups in total. The van der Waals surface area contributed by atoms with Crippen LogP contribution in [0, 0.1) is 6.92 Å². The van der Waals surface area contributed by atoms with Crippen molar-refractivity contribution in [1.29, 1.82) is 0 Å². The van der Waals surface area contributed by atoms with Gasteiger partial charge in [0.25, 0.3) is 0 Å². The molecule has 0 radical (unpaired) electrons. The van der Waals surface area contributed by atoms with E-state index in [4.69, 9.17) is 0 Å². The zero-order valence-corrected chi connectivity index (χ0v) is 8.77. The van der Waals surface area contributed by atoms with Gasteiger partial charge in [0, 0.05) is 0 Å². The van der Waals surface area contributed by atoms with Crippen molar-refractivity contribution in [1.82, 2.24) is 0 Å². The second-order valence-electron chi connectivity index (χ2n) is 2.49. The summed E-state index contributed by atoms with van der Waals surface area (Å²) in [4.78, 5) is 0. The standard InChI is InChI=1S/C9H10.Zr/c1-3-9-6-4-8(2)5-7-9;/h4-7H,1-2H3;/q;+2. The zero-order valence-electron chi connectivity index (χ0n) is 6.31. The molecule has 0 unspecified atom stereocenters. The van der Waals surface area contributed by atoms with Crippen LogP contribution in [-0.4, -0.2) is 3.21 Å². The van der Waals surface area contributed by atoms with Crippen LogP contribution in [0.5, 0.6) is 0 Å². The SMILES string of the molecule is C[C](=[Zr+2])c1ccc(C)cc1. The monoisotopic (exact) mass is 208 g/mol. The summed E-state index contributed by atoms with van der Waals surface area (Å²) >= 11 is 1.51. The van der Waals surface area contributed by atoms with Crippen LogP contribution in [0.4, 0.5) is 0 Å². The van der Waals surface area contributed by atoms with Crippen molar-refractivity contribution in [2.24, 2.45) is 0 Å². The Hall–Kier alpha value is -0.0269. The molecule has 0 saturated carbocycles. The van der Waals surface area contributed by atoms with Crippen molar-refractivity contribution in [2.75, 3.05) is 0 Å². The topological polar surface area (TPSA) is 0 Å². The summed E-state index contributed by atoms with van der Waals surface area (Å²) in [6.45, 7) is 4.28. The Labute approximate surface area is 76.6 Å². The third-order valence-electron chi connectivity index (χ3n) is 1.48. The summed E-state index contributed by atoms with van der Waals surface area (Å²) in [5.41, 5.74) is 2.71. The molecule has 1 rings (SSSR count). The Kier molecular flexibility index (Phi) is 2.74. The Morgan fingerprint density at radius 1 is 1.20 bits per heavy atom. The number of benzene rings is 1. The fourth-order valence-corrected chi connectivity index (χ4v) is 1.21. The Morgan fingerprint density at radius 3 is 2.10 bits per heavy atom. The number of hydrogen-bond acceptors (Lipinski definition) is 0. The van der Waals surface area contributed by atoms with Crippen molar-refractivity contribution < 1.29 is 24.2 Å². The van der Waals surface area contributed by atoms with E-state index in [9.17, 15) is 0 Å². The molecule has 10 heavy (non-hydrogen) atoms. The summed E-state index contributed by atoms with van der Waals surface area (Å²) < 4.78 is 1.46. The first-order valence-electron chi connectivity index (χ1n) is 3.32. The molecule has 0 spiro atoms. The molecule has 0 fully saturated rings. The average molecular weight is 209 g/mol. The Balaban J connectivity index is 3.00. The van der Waals surface area contributed by atoms with E-state index in [1.54, 1.807) is 0 Å². The third-order valence-corrected chi connectivity index (χ3v) is 2.19. The van der Waals surface area contributed by atoms with Gasteiger partial charge in [-0.2, -0.15) is 0 Å². The van der Waals surface area contributed by atoms with Crippen molar-refractivity contribution in [3.05, 3.63) is 35.4 Å². The van der Waals surface area contributed by atoms with E-state index < -0.39 is 0 Å². The summed E-state index contributed by atoms with van der Waals surface area (Å²) in [7, 11) is 0. The van der Waals surface area contributed by atoms with Gasteiger partial charge in [-0.15, -0.1) is 0 Å². The van der Waals surface area contributed by atoms with Gasteiger partial charge in [0.1, 0.15) is 0 Å². The van der Waals surface area contributed by atoms with E-state index >= 15 is 0 Å². The molecule has 0 bridgehead atoms. The summed E-state index contributed by atoms with van der Waals surface area (Å²) in [6, 6.07) is 8.67. The van der Waals surface area contributed by atoms with E-state index in [-0.39, 0.29) is 0 Å². The van der Waals surface area contributed by atoms with Crippen LogP contribution in [0.15, 0.2) is 24.3 Å². The van der Waals surface area contributed by atoms with Gasteiger partial charge in [-0.05, 0) is 0 Å². The normalized spacial score (nSPS) is 9.60. The molecule has 1 heteroatoms.